The third-order valence-electron chi connectivity index (χ3n) is 5.73. The number of carbonyl (C=O) groups is 2. The fourth-order valence-corrected chi connectivity index (χ4v) is 4.92. The summed E-state index contributed by atoms with van der Waals surface area (Å²) in [5.41, 5.74) is 1.97. The number of nitrogens with one attached hydrogen (secondary N) is 1. The summed E-state index contributed by atoms with van der Waals surface area (Å²) < 4.78 is 28.0. The monoisotopic (exact) mass is 427 g/mol. The minimum absolute atomic E-state index is 0.0689. The van der Waals surface area contributed by atoms with E-state index in [-0.39, 0.29) is 29.6 Å². The molecule has 30 heavy (non-hydrogen) atoms. The highest BCUT2D eigenvalue weighted by atomic mass is 32.2. The summed E-state index contributed by atoms with van der Waals surface area (Å²) in [5, 5.41) is 0. The maximum atomic E-state index is 12.7. The molecule has 4 rings (SSSR count). The third kappa shape index (κ3) is 4.18. The number of amides is 2. The summed E-state index contributed by atoms with van der Waals surface area (Å²) in [7, 11) is -3.78. The fraction of sp³-hybridized carbons (Fsp3) is 0.364. The number of hydrogen-bond donors (Lipinski definition) is 1. The first kappa shape index (κ1) is 20.4. The van der Waals surface area contributed by atoms with Gasteiger partial charge in [0.25, 0.3) is 10.0 Å². The van der Waals surface area contributed by atoms with E-state index in [4.69, 9.17) is 0 Å². The van der Waals surface area contributed by atoms with Crippen LogP contribution in [-0.4, -0.2) is 33.3 Å². The van der Waals surface area contributed by atoms with Gasteiger partial charge in [-0.15, -0.1) is 0 Å². The lowest BCUT2D eigenvalue weighted by Gasteiger charge is -2.32. The van der Waals surface area contributed by atoms with E-state index in [1.165, 1.54) is 37.1 Å². The summed E-state index contributed by atoms with van der Waals surface area (Å²) >= 11 is 0. The van der Waals surface area contributed by atoms with Crippen LogP contribution in [0.3, 0.4) is 0 Å². The molecule has 0 bridgehead atoms. The number of sulfonamides is 1. The van der Waals surface area contributed by atoms with Gasteiger partial charge in [-0.05, 0) is 67.3 Å². The molecular formula is C22H25N3O4S. The fourth-order valence-electron chi connectivity index (χ4n) is 3.86. The Morgan fingerprint density at radius 3 is 1.93 bits per heavy atom. The predicted octanol–water partition coefficient (Wildman–Crippen LogP) is 3.38. The lowest BCUT2D eigenvalue weighted by Crippen LogP contribution is -2.32. The number of carbonyl (C=O) groups excluding carboxylic acids is 2. The number of benzene rings is 2. The first-order valence-electron chi connectivity index (χ1n) is 10.2. The van der Waals surface area contributed by atoms with Gasteiger partial charge in [0, 0.05) is 37.3 Å². The Balaban J connectivity index is 1.45. The molecule has 2 heterocycles. The van der Waals surface area contributed by atoms with Gasteiger partial charge in [-0.25, -0.2) is 8.42 Å². The van der Waals surface area contributed by atoms with Gasteiger partial charge >= 0.3 is 0 Å². The Hall–Kier alpha value is -2.87. The van der Waals surface area contributed by atoms with Crippen LogP contribution in [0.25, 0.3) is 0 Å². The Kier molecular flexibility index (Phi) is 5.51. The van der Waals surface area contributed by atoms with Crippen LogP contribution < -0.4 is 14.5 Å². The number of anilines is 3. The van der Waals surface area contributed by atoms with Crippen LogP contribution in [0.15, 0.2) is 53.4 Å². The second-order valence-electron chi connectivity index (χ2n) is 7.94. The number of hydrogen-bond acceptors (Lipinski definition) is 5. The largest absolute Gasteiger partial charge is 0.372 e. The highest BCUT2D eigenvalue weighted by molar-refractivity contribution is 7.92. The molecule has 0 radical (unpaired) electrons. The lowest BCUT2D eigenvalue weighted by atomic mass is 9.99. The van der Waals surface area contributed by atoms with E-state index in [1.807, 2.05) is 12.1 Å². The summed E-state index contributed by atoms with van der Waals surface area (Å²) in [6.07, 6.45) is 2.71. The molecule has 0 unspecified atom stereocenters. The number of nitrogens with zero attached hydrogens (tertiary/aromatic N) is 2. The number of rotatable bonds is 5. The molecule has 0 atom stereocenters. The van der Waals surface area contributed by atoms with Gasteiger partial charge < -0.3 is 4.90 Å². The second kappa shape index (κ2) is 8.10. The quantitative estimate of drug-likeness (QED) is 0.740. The molecular weight excluding hydrogens is 402 g/mol. The summed E-state index contributed by atoms with van der Waals surface area (Å²) in [5.74, 6) is 0.217. The maximum Gasteiger partial charge on any atom is 0.261 e. The van der Waals surface area contributed by atoms with Crippen LogP contribution in [0.5, 0.6) is 0 Å². The molecule has 2 aliphatic rings. The Morgan fingerprint density at radius 2 is 1.37 bits per heavy atom. The van der Waals surface area contributed by atoms with Crippen LogP contribution in [0.4, 0.5) is 17.1 Å². The average Bonchev–Trinajstić information content (AvgIpc) is 3.07. The Bertz CT molecular complexity index is 1020. The molecule has 2 saturated heterocycles. The highest BCUT2D eigenvalue weighted by Gasteiger charge is 2.30. The molecule has 2 aromatic carbocycles. The zero-order chi connectivity index (χ0) is 21.3. The van der Waals surface area contributed by atoms with Crippen LogP contribution in [0.1, 0.15) is 32.6 Å². The SMILES string of the molecule is CC1CCN(c2ccc(NS(=O)(=O)c3ccc(N4C(=O)CCC4=O)cc3)cc2)CC1. The van der Waals surface area contributed by atoms with Crippen molar-refractivity contribution in [1.82, 2.24) is 0 Å². The molecule has 0 spiro atoms. The summed E-state index contributed by atoms with van der Waals surface area (Å²) in [6.45, 7) is 4.30. The Morgan fingerprint density at radius 1 is 0.833 bits per heavy atom. The van der Waals surface area contributed by atoms with Crippen LogP contribution in [0, 0.1) is 5.92 Å². The molecule has 1 N–H and O–H groups in total. The van der Waals surface area contributed by atoms with Gasteiger partial charge in [0.15, 0.2) is 0 Å². The zero-order valence-electron chi connectivity index (χ0n) is 16.9. The van der Waals surface area contributed by atoms with E-state index in [0.29, 0.717) is 11.4 Å². The molecule has 0 saturated carbocycles. The van der Waals surface area contributed by atoms with Crippen molar-refractivity contribution in [1.29, 1.82) is 0 Å². The first-order valence-corrected chi connectivity index (χ1v) is 11.7. The van der Waals surface area contributed by atoms with E-state index in [9.17, 15) is 18.0 Å². The van der Waals surface area contributed by atoms with Gasteiger partial charge in [0.05, 0.1) is 10.6 Å². The van der Waals surface area contributed by atoms with E-state index < -0.39 is 10.0 Å². The lowest BCUT2D eigenvalue weighted by molar-refractivity contribution is -0.121. The normalized spacial score (nSPS) is 18.2. The van der Waals surface area contributed by atoms with Crippen molar-refractivity contribution in [2.75, 3.05) is 27.6 Å². The van der Waals surface area contributed by atoms with Crippen LogP contribution >= 0.6 is 0 Å². The molecule has 8 heteroatoms. The molecule has 0 aromatic heterocycles. The third-order valence-corrected chi connectivity index (χ3v) is 7.12. The van der Waals surface area contributed by atoms with Crippen molar-refractivity contribution in [3.8, 4) is 0 Å². The zero-order valence-corrected chi connectivity index (χ0v) is 17.7. The summed E-state index contributed by atoms with van der Waals surface area (Å²) in [4.78, 5) is 27.2. The molecule has 2 aromatic rings. The van der Waals surface area contributed by atoms with Crippen molar-refractivity contribution in [3.63, 3.8) is 0 Å². The minimum Gasteiger partial charge on any atom is -0.372 e. The first-order chi connectivity index (χ1) is 14.3. The van der Waals surface area contributed by atoms with Crippen LogP contribution in [0.2, 0.25) is 0 Å². The highest BCUT2D eigenvalue weighted by Crippen LogP contribution is 2.27. The predicted molar refractivity (Wildman–Crippen MR) is 116 cm³/mol. The molecule has 0 aliphatic carbocycles. The van der Waals surface area contributed by atoms with Gasteiger partial charge in [-0.3, -0.25) is 19.2 Å². The smallest absolute Gasteiger partial charge is 0.261 e. The van der Waals surface area contributed by atoms with Crippen molar-refractivity contribution in [2.24, 2.45) is 5.92 Å². The maximum absolute atomic E-state index is 12.7. The standard InChI is InChI=1S/C22H25N3O4S/c1-16-12-14-24(15-13-16)18-4-2-17(3-5-18)23-30(28,29)20-8-6-19(7-9-20)25-21(26)10-11-22(25)27/h2-9,16,23H,10-15H2,1H3. The van der Waals surface area contributed by atoms with Gasteiger partial charge in [0.1, 0.15) is 0 Å². The van der Waals surface area contributed by atoms with Crippen molar-refractivity contribution >= 4 is 38.9 Å². The molecule has 2 fully saturated rings. The molecule has 7 nitrogen and oxygen atoms in total. The van der Waals surface area contributed by atoms with Crippen molar-refractivity contribution < 1.29 is 18.0 Å². The Labute approximate surface area is 176 Å². The van der Waals surface area contributed by atoms with E-state index in [0.717, 1.165) is 29.6 Å². The molecule has 2 amide bonds. The van der Waals surface area contributed by atoms with E-state index in [2.05, 4.69) is 16.5 Å². The second-order valence-corrected chi connectivity index (χ2v) is 9.62. The molecule has 2 aliphatic heterocycles. The van der Waals surface area contributed by atoms with Gasteiger partial charge in [-0.2, -0.15) is 0 Å². The minimum atomic E-state index is -3.78. The van der Waals surface area contributed by atoms with Gasteiger partial charge in [-0.1, -0.05) is 6.92 Å². The van der Waals surface area contributed by atoms with Crippen molar-refractivity contribution in [3.05, 3.63) is 48.5 Å². The van der Waals surface area contributed by atoms with Gasteiger partial charge in [0.2, 0.25) is 11.8 Å². The molecule has 158 valence electrons. The number of piperidine rings is 1. The van der Waals surface area contributed by atoms with E-state index >= 15 is 0 Å². The van der Waals surface area contributed by atoms with E-state index in [1.54, 1.807) is 12.1 Å². The van der Waals surface area contributed by atoms with Crippen LogP contribution in [-0.2, 0) is 19.6 Å². The average molecular weight is 428 g/mol. The number of imide groups is 1. The topological polar surface area (TPSA) is 86.8 Å². The van der Waals surface area contributed by atoms with Crippen molar-refractivity contribution in [2.45, 2.75) is 37.5 Å². The summed E-state index contributed by atoms with van der Waals surface area (Å²) in [6, 6.07) is 13.2.